The molecule has 2 unspecified atom stereocenters. The largest absolute Gasteiger partial charge is 0.422 e. The molecule has 0 bridgehead atoms. The van der Waals surface area contributed by atoms with Gasteiger partial charge >= 0.3 is 12.4 Å². The topological polar surface area (TPSA) is 0 Å². The lowest BCUT2D eigenvalue weighted by atomic mass is 9.94. The molecule has 14 heavy (non-hydrogen) atoms. The molecule has 0 N–H and O–H groups in total. The molecule has 0 aliphatic rings. The fraction of sp³-hybridized carbons (Fsp3) is 1.00. The van der Waals surface area contributed by atoms with E-state index in [1.807, 2.05) is 0 Å². The Labute approximate surface area is 76.1 Å². The summed E-state index contributed by atoms with van der Waals surface area (Å²) in [5, 5.41) is 0. The second-order valence-electron chi connectivity index (χ2n) is 3.34. The molecule has 0 aliphatic heterocycles. The molecule has 0 amide bonds. The minimum absolute atomic E-state index is 0.106. The van der Waals surface area contributed by atoms with E-state index in [-0.39, 0.29) is 6.92 Å². The minimum atomic E-state index is -5.27. The van der Waals surface area contributed by atoms with E-state index >= 15 is 0 Å². The number of hydrogen-bond donors (Lipinski definition) is 0. The lowest BCUT2D eigenvalue weighted by Gasteiger charge is -2.27. The van der Waals surface area contributed by atoms with Gasteiger partial charge in [0.25, 0.3) is 0 Å². The van der Waals surface area contributed by atoms with Crippen LogP contribution >= 0.6 is 0 Å². The molecule has 0 aromatic rings. The zero-order valence-corrected chi connectivity index (χ0v) is 7.43. The van der Waals surface area contributed by atoms with Gasteiger partial charge in [-0.05, 0) is 6.92 Å². The predicted octanol–water partition coefficient (Wildman–Crippen LogP) is 3.87. The van der Waals surface area contributed by atoms with Crippen molar-refractivity contribution in [2.45, 2.75) is 38.3 Å². The molecular weight excluding hydrogens is 217 g/mol. The Hall–Kier alpha value is -0.490. The van der Waals surface area contributed by atoms with E-state index in [4.69, 9.17) is 0 Å². The van der Waals surface area contributed by atoms with Crippen molar-refractivity contribution in [3.8, 4) is 0 Å². The number of hydrogen-bond acceptors (Lipinski definition) is 0. The van der Waals surface area contributed by atoms with Crippen LogP contribution in [0.1, 0.15) is 20.3 Å². The number of alkyl halides is 7. The third-order valence-electron chi connectivity index (χ3n) is 1.84. The summed E-state index contributed by atoms with van der Waals surface area (Å²) < 4.78 is 83.8. The molecule has 0 saturated carbocycles. The summed E-state index contributed by atoms with van der Waals surface area (Å²) in [6.07, 6.45) is -11.7. The molecule has 0 fully saturated rings. The Morgan fingerprint density at radius 3 is 1.50 bits per heavy atom. The van der Waals surface area contributed by atoms with Gasteiger partial charge in [0.05, 0.1) is 5.92 Å². The number of rotatable bonds is 2. The van der Waals surface area contributed by atoms with Crippen molar-refractivity contribution >= 4 is 0 Å². The predicted molar refractivity (Wildman–Crippen MR) is 35.4 cm³/mol. The van der Waals surface area contributed by atoms with Crippen LogP contribution in [0.2, 0.25) is 0 Å². The van der Waals surface area contributed by atoms with Crippen molar-refractivity contribution in [1.29, 1.82) is 0 Å². The van der Waals surface area contributed by atoms with Gasteiger partial charge in [0.1, 0.15) is 0 Å². The van der Waals surface area contributed by atoms with E-state index < -0.39 is 30.4 Å². The molecule has 7 heteroatoms. The molecule has 0 saturated heterocycles. The van der Waals surface area contributed by atoms with Gasteiger partial charge in [-0.2, -0.15) is 26.3 Å². The minimum Gasteiger partial charge on any atom is -0.234 e. The second-order valence-corrected chi connectivity index (χ2v) is 3.34. The molecule has 0 nitrogen and oxygen atoms in total. The average molecular weight is 226 g/mol. The van der Waals surface area contributed by atoms with Gasteiger partial charge < -0.3 is 0 Å². The smallest absolute Gasteiger partial charge is 0.234 e. The molecular formula is C7H9F7. The van der Waals surface area contributed by atoms with Crippen LogP contribution in [0.5, 0.6) is 0 Å². The summed E-state index contributed by atoms with van der Waals surface area (Å²) in [6, 6.07) is 0. The molecule has 2 atom stereocenters. The highest BCUT2D eigenvalue weighted by Gasteiger charge is 2.55. The van der Waals surface area contributed by atoms with E-state index in [9.17, 15) is 30.7 Å². The van der Waals surface area contributed by atoms with Gasteiger partial charge in [-0.1, -0.05) is 6.92 Å². The molecule has 0 spiro atoms. The van der Waals surface area contributed by atoms with Crippen LogP contribution in [-0.2, 0) is 0 Å². The van der Waals surface area contributed by atoms with Crippen molar-refractivity contribution in [1.82, 2.24) is 0 Å². The zero-order chi connectivity index (χ0) is 11.8. The summed E-state index contributed by atoms with van der Waals surface area (Å²) in [5.74, 6) is -2.32. The van der Waals surface area contributed by atoms with Crippen LogP contribution < -0.4 is 0 Å². The quantitative estimate of drug-likeness (QED) is 0.627. The lowest BCUT2D eigenvalue weighted by molar-refractivity contribution is -0.246. The first-order valence-corrected chi connectivity index (χ1v) is 3.70. The highest BCUT2D eigenvalue weighted by Crippen LogP contribution is 2.42. The summed E-state index contributed by atoms with van der Waals surface area (Å²) in [5.41, 5.74) is -3.80. The van der Waals surface area contributed by atoms with Gasteiger partial charge in [-0.25, -0.2) is 4.39 Å². The Balaban J connectivity index is 4.53. The fourth-order valence-corrected chi connectivity index (χ4v) is 0.806. The molecule has 0 aliphatic carbocycles. The van der Waals surface area contributed by atoms with Crippen molar-refractivity contribution < 1.29 is 30.7 Å². The Bertz CT molecular complexity index is 187. The number of halogens is 7. The Morgan fingerprint density at radius 2 is 1.29 bits per heavy atom. The molecule has 86 valence electrons. The first-order chi connectivity index (χ1) is 5.88. The van der Waals surface area contributed by atoms with Crippen molar-refractivity contribution in [3.63, 3.8) is 0 Å². The van der Waals surface area contributed by atoms with Crippen molar-refractivity contribution in [2.24, 2.45) is 5.92 Å². The Morgan fingerprint density at radius 1 is 0.929 bits per heavy atom. The van der Waals surface area contributed by atoms with Gasteiger partial charge in [-0.3, -0.25) is 0 Å². The van der Waals surface area contributed by atoms with E-state index in [1.54, 1.807) is 0 Å². The van der Waals surface area contributed by atoms with E-state index in [0.717, 1.165) is 0 Å². The van der Waals surface area contributed by atoms with Crippen LogP contribution in [0.3, 0.4) is 0 Å². The van der Waals surface area contributed by atoms with E-state index in [1.165, 1.54) is 0 Å². The maximum absolute atomic E-state index is 12.8. The fourth-order valence-electron chi connectivity index (χ4n) is 0.806. The van der Waals surface area contributed by atoms with Gasteiger partial charge in [0, 0.05) is 6.42 Å². The molecule has 0 aromatic heterocycles. The third-order valence-corrected chi connectivity index (χ3v) is 1.84. The molecule has 0 radical (unpaired) electrons. The summed E-state index contributed by atoms with van der Waals surface area (Å²) in [7, 11) is 0. The van der Waals surface area contributed by atoms with Gasteiger partial charge in [0.2, 0.25) is 5.67 Å². The van der Waals surface area contributed by atoms with Crippen molar-refractivity contribution in [2.75, 3.05) is 0 Å². The first-order valence-electron chi connectivity index (χ1n) is 3.70. The second kappa shape index (κ2) is 3.58. The monoisotopic (exact) mass is 226 g/mol. The maximum Gasteiger partial charge on any atom is 0.422 e. The summed E-state index contributed by atoms with van der Waals surface area (Å²) in [4.78, 5) is 0. The maximum atomic E-state index is 12.8. The van der Waals surface area contributed by atoms with Gasteiger partial charge in [0.15, 0.2) is 0 Å². The summed E-state index contributed by atoms with van der Waals surface area (Å²) in [6.45, 7) is 0.624. The van der Waals surface area contributed by atoms with Crippen LogP contribution in [0, 0.1) is 5.92 Å². The van der Waals surface area contributed by atoms with Crippen LogP contribution in [0.4, 0.5) is 30.7 Å². The SMILES string of the molecule is CC(CC(C)(F)C(F)(F)F)C(F)(F)F. The van der Waals surface area contributed by atoms with E-state index in [0.29, 0.717) is 6.92 Å². The average Bonchev–Trinajstić information content (AvgIpc) is 1.80. The van der Waals surface area contributed by atoms with Crippen LogP contribution in [0.15, 0.2) is 0 Å². The first kappa shape index (κ1) is 13.5. The molecule has 0 aromatic carbocycles. The lowest BCUT2D eigenvalue weighted by Crippen LogP contribution is -2.41. The Kier molecular flexibility index (Phi) is 3.46. The van der Waals surface area contributed by atoms with Crippen molar-refractivity contribution in [3.05, 3.63) is 0 Å². The standard InChI is InChI=1S/C7H9F7/c1-4(6(9,10)11)3-5(2,8)7(12,13)14/h4H,3H2,1-2H3. The van der Waals surface area contributed by atoms with Gasteiger partial charge in [-0.15, -0.1) is 0 Å². The highest BCUT2D eigenvalue weighted by molar-refractivity contribution is 4.85. The highest BCUT2D eigenvalue weighted by atomic mass is 19.4. The summed E-state index contributed by atoms with van der Waals surface area (Å²) >= 11 is 0. The van der Waals surface area contributed by atoms with Crippen LogP contribution in [0.25, 0.3) is 0 Å². The zero-order valence-electron chi connectivity index (χ0n) is 7.43. The normalized spacial score (nSPS) is 20.4. The van der Waals surface area contributed by atoms with Crippen LogP contribution in [-0.4, -0.2) is 18.0 Å². The van der Waals surface area contributed by atoms with E-state index in [2.05, 4.69) is 0 Å². The third kappa shape index (κ3) is 3.34. The molecule has 0 rings (SSSR count). The molecule has 0 heterocycles.